The summed E-state index contributed by atoms with van der Waals surface area (Å²) in [6, 6.07) is 10.8. The fourth-order valence-electron chi connectivity index (χ4n) is 4.54. The summed E-state index contributed by atoms with van der Waals surface area (Å²) < 4.78 is 0. The minimum atomic E-state index is -0.559. The minimum absolute atomic E-state index is 0.112. The number of fused-ring (bicyclic) bond motifs is 2. The van der Waals surface area contributed by atoms with Crippen LogP contribution in [0.5, 0.6) is 0 Å². The predicted octanol–water partition coefficient (Wildman–Crippen LogP) is 4.17. The second kappa shape index (κ2) is 5.75. The highest BCUT2D eigenvalue weighted by Gasteiger charge is 2.41. The highest BCUT2D eigenvalue weighted by atomic mass is 16.3. The Balaban J connectivity index is 2.00. The first kappa shape index (κ1) is 16.9. The standard InChI is InChI=1S/C22H25N3O/c1-12-10-16(15-7-5-6-14-8-9-24-20(14)15)17(11-23)18-13(2)21(26)22(3,4)25-19(12)18/h5-7,10,13,21,24-26H,8-9H2,1-4H3. The van der Waals surface area contributed by atoms with E-state index in [9.17, 15) is 10.4 Å². The van der Waals surface area contributed by atoms with Crippen molar-refractivity contribution < 1.29 is 5.11 Å². The van der Waals surface area contributed by atoms with Gasteiger partial charge in [-0.3, -0.25) is 0 Å². The van der Waals surface area contributed by atoms with Crippen LogP contribution in [0.25, 0.3) is 11.1 Å². The van der Waals surface area contributed by atoms with Gasteiger partial charge in [-0.25, -0.2) is 0 Å². The molecule has 2 heterocycles. The number of hydrogen-bond acceptors (Lipinski definition) is 4. The third kappa shape index (κ3) is 2.31. The molecule has 134 valence electrons. The minimum Gasteiger partial charge on any atom is -0.390 e. The summed E-state index contributed by atoms with van der Waals surface area (Å²) in [5.74, 6) is -0.112. The smallest absolute Gasteiger partial charge is 0.100 e. The largest absolute Gasteiger partial charge is 0.390 e. The monoisotopic (exact) mass is 347 g/mol. The summed E-state index contributed by atoms with van der Waals surface area (Å²) in [5, 5.41) is 27.8. The van der Waals surface area contributed by atoms with Crippen LogP contribution in [-0.2, 0) is 6.42 Å². The van der Waals surface area contributed by atoms with Gasteiger partial charge in [-0.15, -0.1) is 0 Å². The van der Waals surface area contributed by atoms with Crippen LogP contribution in [0, 0.1) is 18.3 Å². The molecule has 2 aromatic rings. The van der Waals surface area contributed by atoms with Crippen LogP contribution in [0.4, 0.5) is 11.4 Å². The van der Waals surface area contributed by atoms with E-state index in [2.05, 4.69) is 47.9 Å². The molecule has 2 aliphatic heterocycles. The fraction of sp³-hybridized carbons (Fsp3) is 0.409. The number of nitrogens with one attached hydrogen (secondary N) is 2. The molecule has 0 amide bonds. The number of aryl methyl sites for hydroxylation is 1. The number of aliphatic hydroxyl groups excluding tert-OH is 1. The number of rotatable bonds is 1. The lowest BCUT2D eigenvalue weighted by Crippen LogP contribution is -2.50. The van der Waals surface area contributed by atoms with E-state index in [1.807, 2.05) is 20.8 Å². The topological polar surface area (TPSA) is 68.1 Å². The van der Waals surface area contributed by atoms with Gasteiger partial charge >= 0.3 is 0 Å². The Morgan fingerprint density at radius 1 is 1.23 bits per heavy atom. The molecule has 26 heavy (non-hydrogen) atoms. The van der Waals surface area contributed by atoms with Gasteiger partial charge < -0.3 is 15.7 Å². The van der Waals surface area contributed by atoms with Crippen LogP contribution in [0.3, 0.4) is 0 Å². The van der Waals surface area contributed by atoms with Gasteiger partial charge in [-0.05, 0) is 49.9 Å². The average Bonchev–Trinajstić information content (AvgIpc) is 3.09. The summed E-state index contributed by atoms with van der Waals surface area (Å²) in [7, 11) is 0. The van der Waals surface area contributed by atoms with E-state index in [-0.39, 0.29) is 5.92 Å². The molecule has 3 N–H and O–H groups in total. The van der Waals surface area contributed by atoms with Gasteiger partial charge in [0, 0.05) is 35.0 Å². The van der Waals surface area contributed by atoms with Crippen molar-refractivity contribution in [3.05, 3.63) is 46.5 Å². The molecule has 0 spiro atoms. The number of aliphatic hydroxyl groups is 1. The zero-order valence-corrected chi connectivity index (χ0v) is 15.8. The van der Waals surface area contributed by atoms with Crippen molar-refractivity contribution >= 4 is 11.4 Å². The molecule has 2 unspecified atom stereocenters. The number of nitrogens with zero attached hydrogens (tertiary/aromatic N) is 1. The first-order valence-electron chi connectivity index (χ1n) is 9.25. The van der Waals surface area contributed by atoms with Gasteiger partial charge in [0.1, 0.15) is 6.07 Å². The Labute approximate surface area is 154 Å². The molecule has 0 saturated carbocycles. The number of hydrogen-bond donors (Lipinski definition) is 3. The predicted molar refractivity (Wildman–Crippen MR) is 106 cm³/mol. The van der Waals surface area contributed by atoms with Crippen LogP contribution >= 0.6 is 0 Å². The van der Waals surface area contributed by atoms with Crippen LogP contribution in [0.2, 0.25) is 0 Å². The maximum Gasteiger partial charge on any atom is 0.100 e. The lowest BCUT2D eigenvalue weighted by Gasteiger charge is -2.43. The molecule has 0 bridgehead atoms. The van der Waals surface area contributed by atoms with Crippen LogP contribution < -0.4 is 10.6 Å². The van der Waals surface area contributed by atoms with Gasteiger partial charge in [0.25, 0.3) is 0 Å². The fourth-order valence-corrected chi connectivity index (χ4v) is 4.54. The molecule has 0 aliphatic carbocycles. The molecular formula is C22H25N3O. The van der Waals surface area contributed by atoms with E-state index >= 15 is 0 Å². The highest BCUT2D eigenvalue weighted by molar-refractivity contribution is 5.88. The quantitative estimate of drug-likeness (QED) is 0.724. The second-order valence-electron chi connectivity index (χ2n) is 8.11. The Kier molecular flexibility index (Phi) is 3.75. The lowest BCUT2D eigenvalue weighted by molar-refractivity contribution is 0.0868. The lowest BCUT2D eigenvalue weighted by atomic mass is 9.75. The molecular weight excluding hydrogens is 322 g/mol. The van der Waals surface area contributed by atoms with E-state index < -0.39 is 11.6 Å². The molecule has 0 fully saturated rings. The Hall–Kier alpha value is -2.51. The normalized spacial score (nSPS) is 22.6. The van der Waals surface area contributed by atoms with Gasteiger partial charge in [0.15, 0.2) is 0 Å². The first-order chi connectivity index (χ1) is 12.3. The summed E-state index contributed by atoms with van der Waals surface area (Å²) in [6.45, 7) is 9.04. The van der Waals surface area contributed by atoms with Crippen LogP contribution in [0.1, 0.15) is 48.9 Å². The van der Waals surface area contributed by atoms with Gasteiger partial charge in [0.05, 0.1) is 17.2 Å². The molecule has 0 saturated heterocycles. The maximum atomic E-state index is 10.8. The Morgan fingerprint density at radius 3 is 2.73 bits per heavy atom. The summed E-state index contributed by atoms with van der Waals surface area (Å²) in [5.41, 5.74) is 7.75. The molecule has 2 atom stereocenters. The molecule has 4 rings (SSSR count). The van der Waals surface area contributed by atoms with Gasteiger partial charge in [-0.1, -0.05) is 25.1 Å². The SMILES string of the molecule is Cc1cc(-c2cccc3c2NCC3)c(C#N)c2c1NC(C)(C)C(O)C2C. The zero-order chi connectivity index (χ0) is 18.6. The third-order valence-electron chi connectivity index (χ3n) is 5.93. The number of anilines is 2. The van der Waals surface area contributed by atoms with E-state index in [1.165, 1.54) is 5.56 Å². The van der Waals surface area contributed by atoms with E-state index in [0.29, 0.717) is 5.56 Å². The zero-order valence-electron chi connectivity index (χ0n) is 15.8. The maximum absolute atomic E-state index is 10.8. The summed E-state index contributed by atoms with van der Waals surface area (Å²) >= 11 is 0. The Morgan fingerprint density at radius 2 is 2.00 bits per heavy atom. The van der Waals surface area contributed by atoms with Crippen molar-refractivity contribution in [1.29, 1.82) is 5.26 Å². The van der Waals surface area contributed by atoms with Crippen LogP contribution in [-0.4, -0.2) is 23.3 Å². The van der Waals surface area contributed by atoms with Crippen molar-refractivity contribution in [3.8, 4) is 17.2 Å². The van der Waals surface area contributed by atoms with Gasteiger partial charge in [0.2, 0.25) is 0 Å². The molecule has 4 heteroatoms. The Bertz CT molecular complexity index is 939. The molecule has 2 aliphatic rings. The van der Waals surface area contributed by atoms with Crippen molar-refractivity contribution in [2.45, 2.75) is 51.7 Å². The average molecular weight is 347 g/mol. The van der Waals surface area contributed by atoms with Crippen molar-refractivity contribution in [2.75, 3.05) is 17.2 Å². The van der Waals surface area contributed by atoms with E-state index in [1.54, 1.807) is 0 Å². The number of nitriles is 1. The third-order valence-corrected chi connectivity index (χ3v) is 5.93. The van der Waals surface area contributed by atoms with Crippen molar-refractivity contribution in [1.82, 2.24) is 0 Å². The van der Waals surface area contributed by atoms with E-state index in [0.717, 1.165) is 46.6 Å². The van der Waals surface area contributed by atoms with Crippen LogP contribution in [0.15, 0.2) is 24.3 Å². The highest BCUT2D eigenvalue weighted by Crippen LogP contribution is 2.47. The van der Waals surface area contributed by atoms with E-state index in [4.69, 9.17) is 0 Å². The summed E-state index contributed by atoms with van der Waals surface area (Å²) in [6.07, 6.45) is 0.455. The molecule has 4 nitrogen and oxygen atoms in total. The summed E-state index contributed by atoms with van der Waals surface area (Å²) in [4.78, 5) is 0. The van der Waals surface area contributed by atoms with Crippen molar-refractivity contribution in [3.63, 3.8) is 0 Å². The number of para-hydroxylation sites is 1. The second-order valence-corrected chi connectivity index (χ2v) is 8.11. The first-order valence-corrected chi connectivity index (χ1v) is 9.25. The molecule has 0 aromatic heterocycles. The van der Waals surface area contributed by atoms with Gasteiger partial charge in [-0.2, -0.15) is 5.26 Å². The molecule has 0 radical (unpaired) electrons. The molecule has 2 aromatic carbocycles. The number of benzene rings is 2. The van der Waals surface area contributed by atoms with Crippen molar-refractivity contribution in [2.24, 2.45) is 0 Å².